The van der Waals surface area contributed by atoms with E-state index in [9.17, 15) is 14.9 Å². The number of hydrogen-bond acceptors (Lipinski definition) is 9. The molecule has 1 fully saturated rings. The number of carbonyl (C=O) groups excluding carboxylic acids is 1. The van der Waals surface area contributed by atoms with Crippen LogP contribution in [0.15, 0.2) is 30.9 Å². The molecule has 136 valence electrons. The van der Waals surface area contributed by atoms with Gasteiger partial charge in [0.25, 0.3) is 5.91 Å². The molecule has 0 saturated carbocycles. The van der Waals surface area contributed by atoms with Gasteiger partial charge in [-0.15, -0.1) is 0 Å². The van der Waals surface area contributed by atoms with Gasteiger partial charge >= 0.3 is 5.69 Å². The zero-order chi connectivity index (χ0) is 18.5. The van der Waals surface area contributed by atoms with Crippen LogP contribution in [0.1, 0.15) is 10.4 Å². The molecule has 1 aliphatic heterocycles. The number of likely N-dealkylation sites (N-methyl/N-ethyl adjacent to an activating group) is 1. The average Bonchev–Trinajstić information content (AvgIpc) is 2.67. The second kappa shape index (κ2) is 7.70. The van der Waals surface area contributed by atoms with E-state index in [4.69, 9.17) is 0 Å². The lowest BCUT2D eigenvalue weighted by atomic mass is 10.2. The summed E-state index contributed by atoms with van der Waals surface area (Å²) >= 11 is 0. The van der Waals surface area contributed by atoms with Crippen molar-refractivity contribution in [2.45, 2.75) is 0 Å². The van der Waals surface area contributed by atoms with Gasteiger partial charge in [0, 0.05) is 44.1 Å². The Labute approximate surface area is 149 Å². The average molecular weight is 358 g/mol. The fourth-order valence-electron chi connectivity index (χ4n) is 2.57. The number of nitrogens with one attached hydrogen (secondary N) is 2. The molecule has 1 saturated heterocycles. The molecule has 0 aliphatic carbocycles. The molecule has 0 unspecified atom stereocenters. The highest BCUT2D eigenvalue weighted by atomic mass is 16.6. The summed E-state index contributed by atoms with van der Waals surface area (Å²) < 4.78 is 0. The summed E-state index contributed by atoms with van der Waals surface area (Å²) in [6.45, 7) is 2.81. The Balaban J connectivity index is 1.80. The Morgan fingerprint density at radius 1 is 1.19 bits per heavy atom. The minimum Gasteiger partial charge on any atom is -0.348 e. The van der Waals surface area contributed by atoms with Crippen molar-refractivity contribution in [3.63, 3.8) is 0 Å². The van der Waals surface area contributed by atoms with Gasteiger partial charge in [0.15, 0.2) is 0 Å². The van der Waals surface area contributed by atoms with Crippen molar-refractivity contribution in [1.82, 2.24) is 25.3 Å². The summed E-state index contributed by atoms with van der Waals surface area (Å²) in [6, 6.07) is 3.06. The summed E-state index contributed by atoms with van der Waals surface area (Å²) in [6.07, 6.45) is 4.20. The number of rotatable bonds is 5. The van der Waals surface area contributed by atoms with Crippen molar-refractivity contribution in [3.8, 4) is 0 Å². The molecule has 1 amide bonds. The maximum absolute atomic E-state index is 12.1. The van der Waals surface area contributed by atoms with E-state index >= 15 is 0 Å². The Hall–Kier alpha value is -3.34. The van der Waals surface area contributed by atoms with Gasteiger partial charge in [-0.25, -0.2) is 9.97 Å². The van der Waals surface area contributed by atoms with Crippen molar-refractivity contribution < 1.29 is 9.72 Å². The molecule has 3 heterocycles. The van der Waals surface area contributed by atoms with Crippen LogP contribution in [0, 0.1) is 10.1 Å². The third-order valence-electron chi connectivity index (χ3n) is 4.03. The van der Waals surface area contributed by atoms with E-state index in [2.05, 4.69) is 30.7 Å². The van der Waals surface area contributed by atoms with Gasteiger partial charge in [-0.1, -0.05) is 0 Å². The Kier molecular flexibility index (Phi) is 5.17. The van der Waals surface area contributed by atoms with E-state index in [-0.39, 0.29) is 17.3 Å². The van der Waals surface area contributed by atoms with Gasteiger partial charge < -0.3 is 9.80 Å². The highest BCUT2D eigenvalue weighted by Gasteiger charge is 2.28. The van der Waals surface area contributed by atoms with E-state index in [1.54, 1.807) is 0 Å². The molecule has 0 atom stereocenters. The molecule has 1 aliphatic rings. The van der Waals surface area contributed by atoms with Gasteiger partial charge in [0.05, 0.1) is 4.92 Å². The van der Waals surface area contributed by atoms with Crippen molar-refractivity contribution in [3.05, 3.63) is 46.5 Å². The lowest BCUT2D eigenvalue weighted by molar-refractivity contribution is -0.383. The second-order valence-corrected chi connectivity index (χ2v) is 5.76. The first kappa shape index (κ1) is 17.5. The number of pyridine rings is 1. The predicted molar refractivity (Wildman–Crippen MR) is 93.7 cm³/mol. The Morgan fingerprint density at radius 3 is 2.54 bits per heavy atom. The number of piperazine rings is 1. The molecule has 0 bridgehead atoms. The van der Waals surface area contributed by atoms with Crippen LogP contribution in [0.3, 0.4) is 0 Å². The number of hydrazine groups is 1. The number of anilines is 2. The summed E-state index contributed by atoms with van der Waals surface area (Å²) in [5.74, 6) is -0.290. The minimum absolute atomic E-state index is 0.0682. The smallest absolute Gasteiger partial charge is 0.348 e. The number of hydrogen-bond donors (Lipinski definition) is 2. The lowest BCUT2D eigenvalue weighted by Gasteiger charge is -2.32. The molecule has 2 aromatic rings. The predicted octanol–water partition coefficient (Wildman–Crippen LogP) is 0.288. The summed E-state index contributed by atoms with van der Waals surface area (Å²) in [4.78, 5) is 38.9. The highest BCUT2D eigenvalue weighted by Crippen LogP contribution is 2.31. The van der Waals surface area contributed by atoms with Gasteiger partial charge in [-0.05, 0) is 19.2 Å². The van der Waals surface area contributed by atoms with Crippen molar-refractivity contribution in [2.24, 2.45) is 0 Å². The van der Waals surface area contributed by atoms with E-state index in [0.717, 1.165) is 13.1 Å². The largest absolute Gasteiger partial charge is 0.355 e. The number of nitrogens with zero attached hydrogens (tertiary/aromatic N) is 6. The summed E-state index contributed by atoms with van der Waals surface area (Å²) in [5, 5.41) is 11.6. The first-order valence-corrected chi connectivity index (χ1v) is 7.95. The van der Waals surface area contributed by atoms with E-state index in [0.29, 0.717) is 18.7 Å². The van der Waals surface area contributed by atoms with Gasteiger partial charge in [0.1, 0.15) is 6.33 Å². The van der Waals surface area contributed by atoms with E-state index in [1.165, 1.54) is 30.9 Å². The third-order valence-corrected chi connectivity index (χ3v) is 4.03. The van der Waals surface area contributed by atoms with Gasteiger partial charge in [-0.2, -0.15) is 0 Å². The molecule has 0 aromatic carbocycles. The fraction of sp³-hybridized carbons (Fsp3) is 0.333. The Morgan fingerprint density at radius 2 is 1.88 bits per heavy atom. The van der Waals surface area contributed by atoms with Crippen LogP contribution < -0.4 is 15.8 Å². The molecule has 26 heavy (non-hydrogen) atoms. The number of aromatic nitrogens is 3. The van der Waals surface area contributed by atoms with Crippen molar-refractivity contribution >= 4 is 23.2 Å². The Bertz CT molecular complexity index is 793. The maximum Gasteiger partial charge on any atom is 0.355 e. The second-order valence-electron chi connectivity index (χ2n) is 5.76. The molecule has 0 spiro atoms. The summed E-state index contributed by atoms with van der Waals surface area (Å²) in [5.41, 5.74) is 5.03. The van der Waals surface area contributed by atoms with Gasteiger partial charge in [0.2, 0.25) is 11.6 Å². The number of nitro groups is 1. The topological polar surface area (TPSA) is 129 Å². The van der Waals surface area contributed by atoms with Crippen molar-refractivity contribution in [2.75, 3.05) is 43.6 Å². The van der Waals surface area contributed by atoms with Crippen LogP contribution >= 0.6 is 0 Å². The molecular weight excluding hydrogens is 340 g/mol. The first-order valence-electron chi connectivity index (χ1n) is 7.95. The number of amides is 1. The lowest BCUT2D eigenvalue weighted by Crippen LogP contribution is -2.45. The summed E-state index contributed by atoms with van der Waals surface area (Å²) in [7, 11) is 1.99. The minimum atomic E-state index is -0.547. The first-order chi connectivity index (χ1) is 12.6. The molecule has 2 aromatic heterocycles. The van der Waals surface area contributed by atoms with Crippen LogP contribution in [0.4, 0.5) is 17.3 Å². The SMILES string of the molecule is CN1CCN(c2ncnc(NNC(=O)c3ccncc3)c2[N+](=O)[O-])CC1. The van der Waals surface area contributed by atoms with E-state index < -0.39 is 10.8 Å². The monoisotopic (exact) mass is 358 g/mol. The van der Waals surface area contributed by atoms with Gasteiger partial charge in [-0.3, -0.25) is 30.7 Å². The molecule has 0 radical (unpaired) electrons. The molecule has 3 rings (SSSR count). The molecular formula is C15H18N8O3. The number of carbonyl (C=O) groups is 1. The van der Waals surface area contributed by atoms with Crippen LogP contribution in [-0.2, 0) is 0 Å². The quantitative estimate of drug-likeness (QED) is 0.572. The fourth-order valence-corrected chi connectivity index (χ4v) is 2.57. The third kappa shape index (κ3) is 3.83. The molecule has 11 heteroatoms. The molecule has 11 nitrogen and oxygen atoms in total. The zero-order valence-electron chi connectivity index (χ0n) is 14.1. The van der Waals surface area contributed by atoms with Crippen molar-refractivity contribution in [1.29, 1.82) is 0 Å². The van der Waals surface area contributed by atoms with Crippen LogP contribution in [-0.4, -0.2) is 63.9 Å². The maximum atomic E-state index is 12.1. The van der Waals surface area contributed by atoms with Crippen LogP contribution in [0.2, 0.25) is 0 Å². The van der Waals surface area contributed by atoms with E-state index in [1.807, 2.05) is 11.9 Å². The molecule has 2 N–H and O–H groups in total. The van der Waals surface area contributed by atoms with Crippen LogP contribution in [0.5, 0.6) is 0 Å². The highest BCUT2D eigenvalue weighted by molar-refractivity contribution is 5.94. The zero-order valence-corrected chi connectivity index (χ0v) is 14.1. The van der Waals surface area contributed by atoms with Crippen LogP contribution in [0.25, 0.3) is 0 Å². The normalized spacial score (nSPS) is 14.7. The standard InChI is InChI=1S/C15H18N8O3/c1-21-6-8-22(9-7-21)14-12(23(25)26)13(17-10-18-14)19-20-15(24)11-2-4-16-5-3-11/h2-5,10H,6-9H2,1H3,(H,20,24)(H,17,18,19).